The van der Waals surface area contributed by atoms with Gasteiger partial charge in [0, 0.05) is 6.54 Å². The highest BCUT2D eigenvalue weighted by Gasteiger charge is 2.01. The number of hydrogen-bond donors (Lipinski definition) is 1. The lowest BCUT2D eigenvalue weighted by Gasteiger charge is -2.07. The molecule has 0 fully saturated rings. The Balaban J connectivity index is 1.91. The maximum absolute atomic E-state index is 5.65. The quantitative estimate of drug-likeness (QED) is 0.808. The Kier molecular flexibility index (Phi) is 5.97. The lowest BCUT2D eigenvalue weighted by atomic mass is 10.3. The second-order valence-corrected chi connectivity index (χ2v) is 4.55. The summed E-state index contributed by atoms with van der Waals surface area (Å²) in [6, 6.07) is 7.49. The maximum Gasteiger partial charge on any atom is 0.237 e. The first-order valence-corrected chi connectivity index (χ1v) is 7.24. The molecule has 1 aromatic heterocycles. The van der Waals surface area contributed by atoms with Crippen molar-refractivity contribution in [3.63, 3.8) is 0 Å². The Morgan fingerprint density at radius 3 is 2.38 bits per heavy atom. The van der Waals surface area contributed by atoms with Crippen LogP contribution in [-0.2, 0) is 6.54 Å². The number of aromatic nitrogens is 2. The molecule has 0 aliphatic heterocycles. The molecule has 2 rings (SSSR count). The molecule has 1 N–H and O–H groups in total. The van der Waals surface area contributed by atoms with Crippen LogP contribution in [0, 0.1) is 0 Å². The van der Waals surface area contributed by atoms with Crippen molar-refractivity contribution in [1.29, 1.82) is 0 Å². The topological polar surface area (TPSA) is 56.3 Å². The highest BCUT2D eigenvalue weighted by atomic mass is 16.5. The first kappa shape index (κ1) is 15.3. The van der Waals surface area contributed by atoms with Gasteiger partial charge in [-0.25, -0.2) is 4.98 Å². The summed E-state index contributed by atoms with van der Waals surface area (Å²) in [7, 11) is 0. The number of nitrogens with one attached hydrogen (secondary N) is 1. The van der Waals surface area contributed by atoms with Gasteiger partial charge >= 0.3 is 0 Å². The van der Waals surface area contributed by atoms with E-state index in [1.54, 1.807) is 12.4 Å². The Labute approximate surface area is 125 Å². The van der Waals surface area contributed by atoms with Crippen LogP contribution < -0.4 is 14.8 Å². The van der Waals surface area contributed by atoms with Gasteiger partial charge < -0.3 is 14.8 Å². The molecule has 1 heterocycles. The molecule has 0 bridgehead atoms. The fourth-order valence-corrected chi connectivity index (χ4v) is 1.68. The second-order valence-electron chi connectivity index (χ2n) is 4.55. The standard InChI is InChI=1S/C16H21N3O2/c1-3-9-20-14-5-7-15(8-6-14)21-16-12-18-13(11-19-16)10-17-4-2/h5-8,11-12,17H,3-4,9-10H2,1-2H3. The zero-order valence-corrected chi connectivity index (χ0v) is 12.5. The molecule has 0 aliphatic carbocycles. The van der Waals surface area contributed by atoms with Gasteiger partial charge in [-0.2, -0.15) is 0 Å². The third kappa shape index (κ3) is 5.04. The summed E-state index contributed by atoms with van der Waals surface area (Å²) in [4.78, 5) is 8.54. The van der Waals surface area contributed by atoms with Crippen molar-refractivity contribution < 1.29 is 9.47 Å². The van der Waals surface area contributed by atoms with Crippen LogP contribution in [0.25, 0.3) is 0 Å². The van der Waals surface area contributed by atoms with Gasteiger partial charge in [0.1, 0.15) is 11.5 Å². The van der Waals surface area contributed by atoms with Crippen molar-refractivity contribution in [3.05, 3.63) is 42.4 Å². The molecule has 0 unspecified atom stereocenters. The SMILES string of the molecule is CCCOc1ccc(Oc2cnc(CNCC)cn2)cc1. The Hall–Kier alpha value is -2.14. The molecule has 5 heteroatoms. The minimum Gasteiger partial charge on any atom is -0.494 e. The van der Waals surface area contributed by atoms with Crippen LogP contribution in [0.1, 0.15) is 26.0 Å². The summed E-state index contributed by atoms with van der Waals surface area (Å²) in [5.41, 5.74) is 0.896. The summed E-state index contributed by atoms with van der Waals surface area (Å²) in [5, 5.41) is 3.20. The van der Waals surface area contributed by atoms with E-state index in [1.165, 1.54) is 0 Å². The maximum atomic E-state index is 5.65. The van der Waals surface area contributed by atoms with Crippen molar-refractivity contribution in [3.8, 4) is 17.4 Å². The fourth-order valence-electron chi connectivity index (χ4n) is 1.68. The fraction of sp³-hybridized carbons (Fsp3) is 0.375. The van der Waals surface area contributed by atoms with Gasteiger partial charge in [-0.3, -0.25) is 4.98 Å². The summed E-state index contributed by atoms with van der Waals surface area (Å²) >= 11 is 0. The average Bonchev–Trinajstić information content (AvgIpc) is 2.53. The Morgan fingerprint density at radius 1 is 1.00 bits per heavy atom. The first-order chi connectivity index (χ1) is 10.3. The molecule has 2 aromatic rings. The van der Waals surface area contributed by atoms with Crippen molar-refractivity contribution >= 4 is 0 Å². The largest absolute Gasteiger partial charge is 0.494 e. The molecule has 0 radical (unpaired) electrons. The highest BCUT2D eigenvalue weighted by Crippen LogP contribution is 2.22. The van der Waals surface area contributed by atoms with Gasteiger partial charge in [0.15, 0.2) is 0 Å². The van der Waals surface area contributed by atoms with E-state index < -0.39 is 0 Å². The summed E-state index contributed by atoms with van der Waals surface area (Å²) in [6.45, 7) is 6.48. The molecule has 0 saturated carbocycles. The number of hydrogen-bond acceptors (Lipinski definition) is 5. The van der Waals surface area contributed by atoms with Gasteiger partial charge in [-0.15, -0.1) is 0 Å². The summed E-state index contributed by atoms with van der Waals surface area (Å²) in [5.74, 6) is 2.04. The molecule has 1 aromatic carbocycles. The van der Waals surface area contributed by atoms with E-state index in [2.05, 4.69) is 29.1 Å². The lowest BCUT2D eigenvalue weighted by Crippen LogP contribution is -2.13. The molecular formula is C16H21N3O2. The second kappa shape index (κ2) is 8.21. The van der Waals surface area contributed by atoms with Gasteiger partial charge in [0.2, 0.25) is 5.88 Å². The lowest BCUT2D eigenvalue weighted by molar-refractivity contribution is 0.317. The highest BCUT2D eigenvalue weighted by molar-refractivity contribution is 5.33. The van der Waals surface area contributed by atoms with Crippen LogP contribution in [0.3, 0.4) is 0 Å². The predicted octanol–water partition coefficient (Wildman–Crippen LogP) is 3.17. The van der Waals surface area contributed by atoms with Gasteiger partial charge in [0.25, 0.3) is 0 Å². The smallest absolute Gasteiger partial charge is 0.237 e. The molecule has 112 valence electrons. The number of rotatable bonds is 8. The van der Waals surface area contributed by atoms with Crippen LogP contribution >= 0.6 is 0 Å². The normalized spacial score (nSPS) is 10.4. The van der Waals surface area contributed by atoms with E-state index in [0.29, 0.717) is 18.2 Å². The van der Waals surface area contributed by atoms with Gasteiger partial charge in [0.05, 0.1) is 24.7 Å². The van der Waals surface area contributed by atoms with Crippen LogP contribution in [0.4, 0.5) is 0 Å². The van der Waals surface area contributed by atoms with E-state index >= 15 is 0 Å². The van der Waals surface area contributed by atoms with Crippen molar-refractivity contribution in [1.82, 2.24) is 15.3 Å². The molecule has 0 atom stereocenters. The molecule has 21 heavy (non-hydrogen) atoms. The number of benzene rings is 1. The van der Waals surface area contributed by atoms with Gasteiger partial charge in [-0.05, 0) is 37.2 Å². The van der Waals surface area contributed by atoms with E-state index in [4.69, 9.17) is 9.47 Å². The average molecular weight is 287 g/mol. The zero-order chi connectivity index (χ0) is 14.9. The molecule has 0 saturated heterocycles. The monoisotopic (exact) mass is 287 g/mol. The molecule has 0 spiro atoms. The summed E-state index contributed by atoms with van der Waals surface area (Å²) < 4.78 is 11.2. The first-order valence-electron chi connectivity index (χ1n) is 7.24. The Morgan fingerprint density at radius 2 is 1.76 bits per heavy atom. The molecular weight excluding hydrogens is 266 g/mol. The van der Waals surface area contributed by atoms with E-state index in [1.807, 2.05) is 24.3 Å². The van der Waals surface area contributed by atoms with Crippen molar-refractivity contribution in [2.45, 2.75) is 26.8 Å². The Bertz CT molecular complexity index is 477. The van der Waals surface area contributed by atoms with Crippen LogP contribution in [0.15, 0.2) is 36.7 Å². The minimum atomic E-state index is 0.484. The summed E-state index contributed by atoms with van der Waals surface area (Å²) in [6.07, 6.45) is 4.35. The number of ether oxygens (including phenoxy) is 2. The molecule has 5 nitrogen and oxygen atoms in total. The van der Waals surface area contributed by atoms with E-state index in [-0.39, 0.29) is 0 Å². The third-order valence-electron chi connectivity index (χ3n) is 2.76. The van der Waals surface area contributed by atoms with Crippen molar-refractivity contribution in [2.24, 2.45) is 0 Å². The van der Waals surface area contributed by atoms with Crippen molar-refractivity contribution in [2.75, 3.05) is 13.2 Å². The van der Waals surface area contributed by atoms with Crippen LogP contribution in [-0.4, -0.2) is 23.1 Å². The third-order valence-corrected chi connectivity index (χ3v) is 2.76. The minimum absolute atomic E-state index is 0.484. The predicted molar refractivity (Wildman–Crippen MR) is 81.7 cm³/mol. The van der Waals surface area contributed by atoms with Gasteiger partial charge in [-0.1, -0.05) is 13.8 Å². The zero-order valence-electron chi connectivity index (χ0n) is 12.5. The van der Waals surface area contributed by atoms with E-state index in [0.717, 1.165) is 31.0 Å². The molecule has 0 amide bonds. The molecule has 0 aliphatic rings. The van der Waals surface area contributed by atoms with E-state index in [9.17, 15) is 0 Å². The van der Waals surface area contributed by atoms with Crippen LogP contribution in [0.2, 0.25) is 0 Å². The number of nitrogens with zero attached hydrogens (tertiary/aromatic N) is 2. The van der Waals surface area contributed by atoms with Crippen LogP contribution in [0.5, 0.6) is 17.4 Å².